The van der Waals surface area contributed by atoms with Gasteiger partial charge in [0.1, 0.15) is 6.10 Å². The molecule has 1 saturated heterocycles. The molecule has 0 aromatic rings. The van der Waals surface area contributed by atoms with Gasteiger partial charge in [0.15, 0.2) is 0 Å². The number of ether oxygens (including phenoxy) is 1. The number of carbonyl (C=O) groups is 2. The van der Waals surface area contributed by atoms with Crippen molar-refractivity contribution >= 4 is 11.9 Å². The highest BCUT2D eigenvalue weighted by molar-refractivity contribution is 5.81. The Balaban J connectivity index is 2.35. The summed E-state index contributed by atoms with van der Waals surface area (Å²) in [7, 11) is 0. The molecule has 1 aliphatic heterocycles. The third-order valence-electron chi connectivity index (χ3n) is 2.85. The molecule has 2 N–H and O–H groups in total. The molecule has 5 nitrogen and oxygen atoms in total. The monoisotopic (exact) mass is 243 g/mol. The summed E-state index contributed by atoms with van der Waals surface area (Å²) < 4.78 is 5.23. The van der Waals surface area contributed by atoms with Crippen molar-refractivity contribution in [1.82, 2.24) is 5.32 Å². The maximum atomic E-state index is 11.6. The standard InChI is InChI=1S/C12H21NO4/c1-8(2)6-9(12(15)16)7-13-11(14)10-4-3-5-17-10/h8-10H,3-7H2,1-2H3,(H,13,14)(H,15,16)/t9?,10-/m0/s1. The molecule has 0 aromatic heterocycles. The zero-order chi connectivity index (χ0) is 12.8. The number of aliphatic carboxylic acids is 1. The number of amides is 1. The van der Waals surface area contributed by atoms with Crippen LogP contribution in [0.3, 0.4) is 0 Å². The molecule has 1 aliphatic rings. The van der Waals surface area contributed by atoms with Crippen molar-refractivity contribution in [3.8, 4) is 0 Å². The maximum absolute atomic E-state index is 11.6. The predicted octanol–water partition coefficient (Wildman–Crippen LogP) is 1.03. The molecular weight excluding hydrogens is 222 g/mol. The van der Waals surface area contributed by atoms with Crippen LogP contribution in [-0.4, -0.2) is 36.2 Å². The van der Waals surface area contributed by atoms with E-state index in [9.17, 15) is 9.59 Å². The molecule has 17 heavy (non-hydrogen) atoms. The number of nitrogens with one attached hydrogen (secondary N) is 1. The first-order valence-corrected chi connectivity index (χ1v) is 6.12. The van der Waals surface area contributed by atoms with E-state index < -0.39 is 11.9 Å². The highest BCUT2D eigenvalue weighted by Gasteiger charge is 2.25. The molecule has 1 rings (SSSR count). The van der Waals surface area contributed by atoms with Crippen LogP contribution < -0.4 is 5.32 Å². The summed E-state index contributed by atoms with van der Waals surface area (Å²) in [5, 5.41) is 11.7. The van der Waals surface area contributed by atoms with E-state index in [1.807, 2.05) is 13.8 Å². The van der Waals surface area contributed by atoms with E-state index in [2.05, 4.69) is 5.32 Å². The first-order chi connectivity index (χ1) is 8.00. The van der Waals surface area contributed by atoms with Gasteiger partial charge in [-0.2, -0.15) is 0 Å². The first kappa shape index (κ1) is 14.0. The van der Waals surface area contributed by atoms with Crippen LogP contribution in [0.1, 0.15) is 33.1 Å². The van der Waals surface area contributed by atoms with Crippen LogP contribution in [-0.2, 0) is 14.3 Å². The Morgan fingerprint density at radius 3 is 2.65 bits per heavy atom. The van der Waals surface area contributed by atoms with Crippen molar-refractivity contribution in [1.29, 1.82) is 0 Å². The molecule has 0 saturated carbocycles. The largest absolute Gasteiger partial charge is 0.481 e. The molecule has 1 amide bonds. The van der Waals surface area contributed by atoms with Gasteiger partial charge in [-0.25, -0.2) is 0 Å². The quantitative estimate of drug-likeness (QED) is 0.730. The van der Waals surface area contributed by atoms with Gasteiger partial charge in [0.2, 0.25) is 5.91 Å². The molecule has 2 atom stereocenters. The second-order valence-corrected chi connectivity index (χ2v) is 4.91. The zero-order valence-corrected chi connectivity index (χ0v) is 10.4. The molecule has 5 heteroatoms. The lowest BCUT2D eigenvalue weighted by Gasteiger charge is -2.16. The summed E-state index contributed by atoms with van der Waals surface area (Å²) in [6.07, 6.45) is 1.81. The van der Waals surface area contributed by atoms with Gasteiger partial charge in [0, 0.05) is 13.2 Å². The van der Waals surface area contributed by atoms with Crippen molar-refractivity contribution in [3.05, 3.63) is 0 Å². The molecule has 0 radical (unpaired) electrons. The van der Waals surface area contributed by atoms with Gasteiger partial charge in [0.25, 0.3) is 0 Å². The number of carbonyl (C=O) groups excluding carboxylic acids is 1. The minimum atomic E-state index is -0.855. The SMILES string of the molecule is CC(C)CC(CNC(=O)[C@@H]1CCCO1)C(=O)O. The number of rotatable bonds is 6. The summed E-state index contributed by atoms with van der Waals surface area (Å²) in [6.45, 7) is 4.74. The van der Waals surface area contributed by atoms with E-state index in [1.54, 1.807) is 0 Å². The third kappa shape index (κ3) is 4.73. The average Bonchev–Trinajstić information content (AvgIpc) is 2.76. The Labute approximate surface area is 102 Å². The summed E-state index contributed by atoms with van der Waals surface area (Å²) in [4.78, 5) is 22.6. The topological polar surface area (TPSA) is 75.6 Å². The molecular formula is C12H21NO4. The van der Waals surface area contributed by atoms with Crippen LogP contribution in [0.15, 0.2) is 0 Å². The second kappa shape index (κ2) is 6.59. The van der Waals surface area contributed by atoms with Crippen LogP contribution in [0, 0.1) is 11.8 Å². The Morgan fingerprint density at radius 2 is 2.18 bits per heavy atom. The number of hydrogen-bond donors (Lipinski definition) is 2. The molecule has 1 heterocycles. The Kier molecular flexibility index (Phi) is 5.41. The summed E-state index contributed by atoms with van der Waals surface area (Å²) in [5.74, 6) is -1.25. The van der Waals surface area contributed by atoms with E-state index >= 15 is 0 Å². The minimum Gasteiger partial charge on any atom is -0.481 e. The molecule has 0 aromatic carbocycles. The lowest BCUT2D eigenvalue weighted by atomic mass is 9.97. The molecule has 1 unspecified atom stereocenters. The maximum Gasteiger partial charge on any atom is 0.308 e. The van der Waals surface area contributed by atoms with Crippen molar-refractivity contribution < 1.29 is 19.4 Å². The van der Waals surface area contributed by atoms with E-state index in [-0.39, 0.29) is 18.6 Å². The van der Waals surface area contributed by atoms with Crippen molar-refractivity contribution in [2.45, 2.75) is 39.2 Å². The van der Waals surface area contributed by atoms with Crippen molar-refractivity contribution in [3.63, 3.8) is 0 Å². The number of hydrogen-bond acceptors (Lipinski definition) is 3. The normalized spacial score (nSPS) is 21.5. The lowest BCUT2D eigenvalue weighted by molar-refractivity contribution is -0.142. The summed E-state index contributed by atoms with van der Waals surface area (Å²) in [6, 6.07) is 0. The van der Waals surface area contributed by atoms with Gasteiger partial charge < -0.3 is 15.2 Å². The van der Waals surface area contributed by atoms with Crippen molar-refractivity contribution in [2.24, 2.45) is 11.8 Å². The molecule has 0 spiro atoms. The number of carboxylic acid groups (broad SMARTS) is 1. The van der Waals surface area contributed by atoms with Crippen LogP contribution >= 0.6 is 0 Å². The van der Waals surface area contributed by atoms with Crippen LogP contribution in [0.2, 0.25) is 0 Å². The first-order valence-electron chi connectivity index (χ1n) is 6.12. The van der Waals surface area contributed by atoms with E-state index in [0.717, 1.165) is 12.8 Å². The smallest absolute Gasteiger partial charge is 0.308 e. The summed E-state index contributed by atoms with van der Waals surface area (Å²) >= 11 is 0. The predicted molar refractivity (Wildman–Crippen MR) is 62.6 cm³/mol. The van der Waals surface area contributed by atoms with Gasteiger partial charge in [-0.15, -0.1) is 0 Å². The second-order valence-electron chi connectivity index (χ2n) is 4.91. The fraction of sp³-hybridized carbons (Fsp3) is 0.833. The Bertz CT molecular complexity index is 272. The Hall–Kier alpha value is -1.10. The highest BCUT2D eigenvalue weighted by Crippen LogP contribution is 2.14. The molecule has 0 aliphatic carbocycles. The molecule has 98 valence electrons. The molecule has 1 fully saturated rings. The van der Waals surface area contributed by atoms with Gasteiger partial charge in [0.05, 0.1) is 5.92 Å². The molecule has 0 bridgehead atoms. The third-order valence-corrected chi connectivity index (χ3v) is 2.85. The van der Waals surface area contributed by atoms with E-state index in [1.165, 1.54) is 0 Å². The zero-order valence-electron chi connectivity index (χ0n) is 10.4. The van der Waals surface area contributed by atoms with Crippen LogP contribution in [0.4, 0.5) is 0 Å². The lowest BCUT2D eigenvalue weighted by Crippen LogP contribution is -2.39. The average molecular weight is 243 g/mol. The van der Waals surface area contributed by atoms with E-state index in [0.29, 0.717) is 18.9 Å². The van der Waals surface area contributed by atoms with Crippen LogP contribution in [0.5, 0.6) is 0 Å². The van der Waals surface area contributed by atoms with Gasteiger partial charge in [-0.05, 0) is 25.2 Å². The highest BCUT2D eigenvalue weighted by atomic mass is 16.5. The van der Waals surface area contributed by atoms with Crippen LogP contribution in [0.25, 0.3) is 0 Å². The fourth-order valence-corrected chi connectivity index (χ4v) is 1.96. The Morgan fingerprint density at radius 1 is 1.47 bits per heavy atom. The fourth-order valence-electron chi connectivity index (χ4n) is 1.96. The number of carboxylic acids is 1. The van der Waals surface area contributed by atoms with Crippen molar-refractivity contribution in [2.75, 3.05) is 13.2 Å². The summed E-state index contributed by atoms with van der Waals surface area (Å²) in [5.41, 5.74) is 0. The minimum absolute atomic E-state index is 0.183. The van der Waals surface area contributed by atoms with Gasteiger partial charge in [-0.1, -0.05) is 13.8 Å². The van der Waals surface area contributed by atoms with Gasteiger partial charge >= 0.3 is 5.97 Å². The van der Waals surface area contributed by atoms with E-state index in [4.69, 9.17) is 9.84 Å². The van der Waals surface area contributed by atoms with Gasteiger partial charge in [-0.3, -0.25) is 9.59 Å².